The first-order valence-corrected chi connectivity index (χ1v) is 5.33. The van der Waals surface area contributed by atoms with Crippen LogP contribution in [0.3, 0.4) is 0 Å². The Morgan fingerprint density at radius 1 is 1.58 bits per heavy atom. The van der Waals surface area contributed by atoms with E-state index in [2.05, 4.69) is 15.9 Å². The van der Waals surface area contributed by atoms with Crippen LogP contribution >= 0.6 is 27.3 Å². The Labute approximate surface area is 84.3 Å². The van der Waals surface area contributed by atoms with Crippen LogP contribution in [0.25, 0.3) is 0 Å². The predicted octanol–water partition coefficient (Wildman–Crippen LogP) is 2.58. The molecule has 0 aromatic carbocycles. The predicted molar refractivity (Wildman–Crippen MR) is 53.4 cm³/mol. The molecule has 1 rings (SSSR count). The second-order valence-corrected chi connectivity index (χ2v) is 4.16. The van der Waals surface area contributed by atoms with Crippen LogP contribution in [-0.2, 0) is 4.74 Å². The van der Waals surface area contributed by atoms with Gasteiger partial charge in [-0.15, -0.1) is 0 Å². The quantitative estimate of drug-likeness (QED) is 0.894. The third-order valence-electron chi connectivity index (χ3n) is 1.78. The summed E-state index contributed by atoms with van der Waals surface area (Å²) in [6.45, 7) is 1.84. The molecule has 1 heterocycles. The molecule has 0 radical (unpaired) electrons. The van der Waals surface area contributed by atoms with Crippen LogP contribution < -0.4 is 0 Å². The van der Waals surface area contributed by atoms with Crippen molar-refractivity contribution in [1.29, 1.82) is 0 Å². The van der Waals surface area contributed by atoms with Crippen molar-refractivity contribution in [2.24, 2.45) is 0 Å². The van der Waals surface area contributed by atoms with Gasteiger partial charge in [0.2, 0.25) is 0 Å². The highest BCUT2D eigenvalue weighted by molar-refractivity contribution is 9.10. The van der Waals surface area contributed by atoms with Crippen LogP contribution in [0.15, 0.2) is 15.2 Å². The standard InChI is InChI=1S/C8H11BrO2S/c1-5(11-2)8(10)6-3-12-4-7(6)9/h3-5,8,10H,1-2H3. The summed E-state index contributed by atoms with van der Waals surface area (Å²) in [6.07, 6.45) is -0.716. The minimum atomic E-state index is -0.546. The van der Waals surface area contributed by atoms with E-state index in [0.717, 1.165) is 10.0 Å². The number of aliphatic hydroxyl groups is 1. The molecule has 12 heavy (non-hydrogen) atoms. The lowest BCUT2D eigenvalue weighted by molar-refractivity contribution is -0.00155. The summed E-state index contributed by atoms with van der Waals surface area (Å²) in [6, 6.07) is 0. The maximum Gasteiger partial charge on any atom is 0.107 e. The highest BCUT2D eigenvalue weighted by atomic mass is 79.9. The van der Waals surface area contributed by atoms with Gasteiger partial charge in [0.25, 0.3) is 0 Å². The Balaban J connectivity index is 2.77. The van der Waals surface area contributed by atoms with E-state index in [1.807, 2.05) is 17.7 Å². The van der Waals surface area contributed by atoms with Gasteiger partial charge >= 0.3 is 0 Å². The third kappa shape index (κ3) is 2.07. The number of hydrogen-bond acceptors (Lipinski definition) is 3. The number of rotatable bonds is 3. The average molecular weight is 251 g/mol. The molecule has 0 aliphatic heterocycles. The molecule has 2 atom stereocenters. The molecule has 0 bridgehead atoms. The van der Waals surface area contributed by atoms with E-state index in [9.17, 15) is 5.11 Å². The van der Waals surface area contributed by atoms with Crippen LogP contribution in [0.4, 0.5) is 0 Å². The molecule has 0 saturated heterocycles. The zero-order chi connectivity index (χ0) is 9.14. The Morgan fingerprint density at radius 2 is 2.25 bits per heavy atom. The van der Waals surface area contributed by atoms with Gasteiger partial charge in [-0.3, -0.25) is 0 Å². The lowest BCUT2D eigenvalue weighted by Crippen LogP contribution is -2.16. The molecule has 0 saturated carbocycles. The molecule has 68 valence electrons. The van der Waals surface area contributed by atoms with E-state index in [0.29, 0.717) is 0 Å². The van der Waals surface area contributed by atoms with Crippen molar-refractivity contribution in [3.05, 3.63) is 20.8 Å². The van der Waals surface area contributed by atoms with Crippen molar-refractivity contribution in [3.63, 3.8) is 0 Å². The largest absolute Gasteiger partial charge is 0.386 e. The van der Waals surface area contributed by atoms with Gasteiger partial charge in [0, 0.05) is 22.5 Å². The van der Waals surface area contributed by atoms with E-state index in [-0.39, 0.29) is 6.10 Å². The maximum atomic E-state index is 9.71. The number of thiophene rings is 1. The summed E-state index contributed by atoms with van der Waals surface area (Å²) < 4.78 is 5.97. The van der Waals surface area contributed by atoms with Gasteiger partial charge in [0.1, 0.15) is 6.10 Å². The zero-order valence-electron chi connectivity index (χ0n) is 6.95. The second-order valence-electron chi connectivity index (χ2n) is 2.56. The normalized spacial score (nSPS) is 16.0. The topological polar surface area (TPSA) is 29.5 Å². The SMILES string of the molecule is COC(C)C(O)c1cscc1Br. The lowest BCUT2D eigenvalue weighted by atomic mass is 10.1. The Morgan fingerprint density at radius 3 is 2.67 bits per heavy atom. The van der Waals surface area contributed by atoms with Crippen molar-refractivity contribution in [2.75, 3.05) is 7.11 Å². The summed E-state index contributed by atoms with van der Waals surface area (Å²) in [7, 11) is 1.59. The molecule has 0 fully saturated rings. The average Bonchev–Trinajstić information content (AvgIpc) is 2.48. The van der Waals surface area contributed by atoms with Crippen LogP contribution in [0, 0.1) is 0 Å². The van der Waals surface area contributed by atoms with Crippen molar-refractivity contribution < 1.29 is 9.84 Å². The summed E-state index contributed by atoms with van der Waals surface area (Å²) in [5.74, 6) is 0. The number of hydrogen-bond donors (Lipinski definition) is 1. The van der Waals surface area contributed by atoms with Crippen LogP contribution in [0.2, 0.25) is 0 Å². The minimum Gasteiger partial charge on any atom is -0.386 e. The molecule has 0 amide bonds. The highest BCUT2D eigenvalue weighted by Gasteiger charge is 2.18. The molecule has 0 aliphatic carbocycles. The fourth-order valence-corrected chi connectivity index (χ4v) is 2.45. The molecular formula is C8H11BrO2S. The van der Waals surface area contributed by atoms with Gasteiger partial charge in [-0.2, -0.15) is 11.3 Å². The van der Waals surface area contributed by atoms with E-state index >= 15 is 0 Å². The molecule has 0 aliphatic rings. The Hall–Kier alpha value is 0.100. The summed E-state index contributed by atoms with van der Waals surface area (Å²) in [5.41, 5.74) is 0.898. The number of methoxy groups -OCH3 is 1. The Kier molecular flexibility index (Phi) is 3.71. The van der Waals surface area contributed by atoms with Crippen molar-refractivity contribution >= 4 is 27.3 Å². The van der Waals surface area contributed by atoms with Gasteiger partial charge in [-0.25, -0.2) is 0 Å². The zero-order valence-corrected chi connectivity index (χ0v) is 9.35. The summed E-state index contributed by atoms with van der Waals surface area (Å²) in [5, 5.41) is 13.6. The van der Waals surface area contributed by atoms with Gasteiger partial charge in [0.05, 0.1) is 6.10 Å². The Bertz CT molecular complexity index is 249. The van der Waals surface area contributed by atoms with Gasteiger partial charge < -0.3 is 9.84 Å². The first kappa shape index (κ1) is 10.2. The van der Waals surface area contributed by atoms with Gasteiger partial charge in [-0.05, 0) is 28.2 Å². The van der Waals surface area contributed by atoms with E-state index in [4.69, 9.17) is 4.74 Å². The summed E-state index contributed by atoms with van der Waals surface area (Å²) >= 11 is 4.92. The van der Waals surface area contributed by atoms with Crippen molar-refractivity contribution in [2.45, 2.75) is 19.1 Å². The first-order chi connectivity index (χ1) is 5.66. The van der Waals surface area contributed by atoms with Crippen molar-refractivity contribution in [3.8, 4) is 0 Å². The molecular weight excluding hydrogens is 240 g/mol. The smallest absolute Gasteiger partial charge is 0.107 e. The third-order valence-corrected chi connectivity index (χ3v) is 3.53. The molecule has 2 unspecified atom stereocenters. The fraction of sp³-hybridized carbons (Fsp3) is 0.500. The van der Waals surface area contributed by atoms with E-state index in [1.54, 1.807) is 18.4 Å². The maximum absolute atomic E-state index is 9.71. The number of ether oxygens (including phenoxy) is 1. The molecule has 0 spiro atoms. The fourth-order valence-electron chi connectivity index (χ4n) is 0.884. The number of halogens is 1. The highest BCUT2D eigenvalue weighted by Crippen LogP contribution is 2.29. The molecule has 1 aromatic heterocycles. The number of aliphatic hydroxyl groups excluding tert-OH is 1. The monoisotopic (exact) mass is 250 g/mol. The minimum absolute atomic E-state index is 0.170. The van der Waals surface area contributed by atoms with E-state index < -0.39 is 6.10 Å². The molecule has 2 nitrogen and oxygen atoms in total. The van der Waals surface area contributed by atoms with E-state index in [1.165, 1.54) is 0 Å². The van der Waals surface area contributed by atoms with Gasteiger partial charge in [0.15, 0.2) is 0 Å². The second kappa shape index (κ2) is 4.37. The lowest BCUT2D eigenvalue weighted by Gasteiger charge is -2.16. The summed E-state index contributed by atoms with van der Waals surface area (Å²) in [4.78, 5) is 0. The first-order valence-electron chi connectivity index (χ1n) is 3.59. The van der Waals surface area contributed by atoms with Crippen molar-refractivity contribution in [1.82, 2.24) is 0 Å². The van der Waals surface area contributed by atoms with Gasteiger partial charge in [-0.1, -0.05) is 0 Å². The molecule has 4 heteroatoms. The van der Waals surface area contributed by atoms with Crippen LogP contribution in [0.1, 0.15) is 18.6 Å². The molecule has 1 aromatic rings. The van der Waals surface area contributed by atoms with Crippen LogP contribution in [0.5, 0.6) is 0 Å². The van der Waals surface area contributed by atoms with Crippen LogP contribution in [-0.4, -0.2) is 18.3 Å². The molecule has 1 N–H and O–H groups in total.